The molecule has 2 aliphatic rings. The maximum Gasteiger partial charge on any atom is 0.0648 e. The molecular weight excluding hydrogens is 256 g/mol. The Morgan fingerprint density at radius 2 is 1.57 bits per heavy atom. The molecule has 0 aromatic rings. The summed E-state index contributed by atoms with van der Waals surface area (Å²) < 4.78 is 5.83. The second kappa shape index (κ2) is 8.98. The molecule has 0 heterocycles. The van der Waals surface area contributed by atoms with Gasteiger partial charge in [-0.1, -0.05) is 38.7 Å². The van der Waals surface area contributed by atoms with Gasteiger partial charge in [-0.2, -0.15) is 0 Å². The fourth-order valence-corrected chi connectivity index (χ4v) is 4.80. The number of hydrogen-bond acceptors (Lipinski definition) is 1. The van der Waals surface area contributed by atoms with Gasteiger partial charge in [0.15, 0.2) is 0 Å². The van der Waals surface area contributed by atoms with Crippen LogP contribution in [0.25, 0.3) is 0 Å². The van der Waals surface area contributed by atoms with Crippen LogP contribution in [0.4, 0.5) is 0 Å². The topological polar surface area (TPSA) is 9.23 Å². The zero-order valence-electron chi connectivity index (χ0n) is 14.4. The van der Waals surface area contributed by atoms with Crippen molar-refractivity contribution in [1.82, 2.24) is 0 Å². The van der Waals surface area contributed by atoms with Gasteiger partial charge in [0.05, 0.1) is 12.7 Å². The summed E-state index contributed by atoms with van der Waals surface area (Å²) in [7, 11) is 0. The Hall–Kier alpha value is -0.300. The Morgan fingerprint density at radius 1 is 1.00 bits per heavy atom. The monoisotopic (exact) mass is 292 g/mol. The fourth-order valence-electron chi connectivity index (χ4n) is 4.80. The van der Waals surface area contributed by atoms with Crippen molar-refractivity contribution in [2.45, 2.75) is 84.2 Å². The van der Waals surface area contributed by atoms with E-state index in [1.54, 1.807) is 0 Å². The van der Waals surface area contributed by atoms with Crippen LogP contribution < -0.4 is 0 Å². The van der Waals surface area contributed by atoms with Crippen molar-refractivity contribution in [2.24, 2.45) is 23.7 Å². The van der Waals surface area contributed by atoms with Gasteiger partial charge >= 0.3 is 0 Å². The zero-order valence-corrected chi connectivity index (χ0v) is 14.4. The quantitative estimate of drug-likeness (QED) is 0.524. The van der Waals surface area contributed by atoms with Gasteiger partial charge in [-0.3, -0.25) is 0 Å². The van der Waals surface area contributed by atoms with E-state index in [1.807, 2.05) is 6.08 Å². The van der Waals surface area contributed by atoms with Crippen LogP contribution in [-0.2, 0) is 4.74 Å². The molecule has 1 heteroatoms. The molecule has 2 aliphatic carbocycles. The molecule has 0 saturated heterocycles. The van der Waals surface area contributed by atoms with Crippen molar-refractivity contribution >= 4 is 0 Å². The number of hydrogen-bond donors (Lipinski definition) is 0. The van der Waals surface area contributed by atoms with Crippen molar-refractivity contribution in [3.63, 3.8) is 0 Å². The first kappa shape index (κ1) is 17.1. The molecule has 0 aliphatic heterocycles. The molecule has 0 spiro atoms. The van der Waals surface area contributed by atoms with Crippen LogP contribution in [0.5, 0.6) is 0 Å². The third kappa shape index (κ3) is 5.13. The van der Waals surface area contributed by atoms with Gasteiger partial charge in [0.2, 0.25) is 0 Å². The summed E-state index contributed by atoms with van der Waals surface area (Å²) in [4.78, 5) is 0. The van der Waals surface area contributed by atoms with E-state index in [4.69, 9.17) is 4.74 Å². The summed E-state index contributed by atoms with van der Waals surface area (Å²) in [5, 5.41) is 0. The van der Waals surface area contributed by atoms with E-state index < -0.39 is 0 Å². The summed E-state index contributed by atoms with van der Waals surface area (Å²) in [5.41, 5.74) is 0. The third-order valence-electron chi connectivity index (χ3n) is 6.21. The molecule has 1 atom stereocenters. The van der Waals surface area contributed by atoms with Gasteiger partial charge in [0.1, 0.15) is 0 Å². The van der Waals surface area contributed by atoms with Crippen molar-refractivity contribution in [1.29, 1.82) is 0 Å². The van der Waals surface area contributed by atoms with Gasteiger partial charge in [0, 0.05) is 0 Å². The summed E-state index contributed by atoms with van der Waals surface area (Å²) in [6, 6.07) is 0. The molecule has 21 heavy (non-hydrogen) atoms. The molecular formula is C20H36O. The van der Waals surface area contributed by atoms with Crippen LogP contribution in [0.3, 0.4) is 0 Å². The summed E-state index contributed by atoms with van der Waals surface area (Å²) in [6.45, 7) is 9.05. The lowest BCUT2D eigenvalue weighted by Crippen LogP contribution is -2.30. The molecule has 0 N–H and O–H groups in total. The van der Waals surface area contributed by atoms with Gasteiger partial charge in [-0.25, -0.2) is 0 Å². The van der Waals surface area contributed by atoms with Crippen molar-refractivity contribution < 1.29 is 4.74 Å². The minimum atomic E-state index is 0.421. The van der Waals surface area contributed by atoms with Crippen molar-refractivity contribution in [3.05, 3.63) is 12.7 Å². The molecule has 0 aromatic carbocycles. The fraction of sp³-hybridized carbons (Fsp3) is 0.900. The van der Waals surface area contributed by atoms with Crippen LogP contribution in [0.15, 0.2) is 12.7 Å². The first-order chi connectivity index (χ1) is 10.2. The second-order valence-electron chi connectivity index (χ2n) is 7.57. The standard InChI is InChI=1S/C20H36O/c1-4-6-17-7-9-19(10-8-17)20-13-11-18(12-14-20)16(3)21-15-5-2/h5,16-20H,2,4,6-15H2,1,3H3. The van der Waals surface area contributed by atoms with E-state index in [-0.39, 0.29) is 0 Å². The highest BCUT2D eigenvalue weighted by molar-refractivity contribution is 4.83. The Morgan fingerprint density at radius 3 is 2.10 bits per heavy atom. The zero-order chi connectivity index (χ0) is 15.1. The second-order valence-corrected chi connectivity index (χ2v) is 7.57. The van der Waals surface area contributed by atoms with Gasteiger partial charge in [-0.05, 0) is 69.1 Å². The Kier molecular flexibility index (Phi) is 7.29. The predicted octanol–water partition coefficient (Wildman–Crippen LogP) is 5.99. The van der Waals surface area contributed by atoms with Gasteiger partial charge in [0.25, 0.3) is 0 Å². The Bertz CT molecular complexity index is 282. The van der Waals surface area contributed by atoms with Gasteiger partial charge < -0.3 is 4.74 Å². The Balaban J connectivity index is 1.68. The van der Waals surface area contributed by atoms with E-state index >= 15 is 0 Å². The van der Waals surface area contributed by atoms with E-state index in [0.717, 1.165) is 23.7 Å². The van der Waals surface area contributed by atoms with Crippen molar-refractivity contribution in [3.8, 4) is 0 Å². The molecule has 2 rings (SSSR count). The maximum absolute atomic E-state index is 5.83. The van der Waals surface area contributed by atoms with Crippen LogP contribution in [0.1, 0.15) is 78.1 Å². The SMILES string of the molecule is C=CCOC(C)C1CCC(C2CCC(CCC)CC2)CC1. The summed E-state index contributed by atoms with van der Waals surface area (Å²) in [5.74, 6) is 3.91. The minimum absolute atomic E-state index is 0.421. The largest absolute Gasteiger partial charge is 0.374 e. The van der Waals surface area contributed by atoms with Crippen LogP contribution in [0, 0.1) is 23.7 Å². The number of rotatable bonds is 7. The average Bonchev–Trinajstić information content (AvgIpc) is 2.54. The lowest BCUT2D eigenvalue weighted by atomic mass is 9.68. The first-order valence-electron chi connectivity index (χ1n) is 9.47. The van der Waals surface area contributed by atoms with Crippen LogP contribution in [-0.4, -0.2) is 12.7 Å². The van der Waals surface area contributed by atoms with E-state index in [2.05, 4.69) is 20.4 Å². The highest BCUT2D eigenvalue weighted by Crippen LogP contribution is 2.42. The minimum Gasteiger partial charge on any atom is -0.374 e. The molecule has 0 bridgehead atoms. The molecule has 0 radical (unpaired) electrons. The molecule has 122 valence electrons. The molecule has 1 unspecified atom stereocenters. The lowest BCUT2D eigenvalue weighted by molar-refractivity contribution is 0.0154. The molecule has 2 fully saturated rings. The Labute approximate surface area is 132 Å². The van der Waals surface area contributed by atoms with E-state index in [9.17, 15) is 0 Å². The van der Waals surface area contributed by atoms with Crippen molar-refractivity contribution in [2.75, 3.05) is 6.61 Å². The van der Waals surface area contributed by atoms with Crippen LogP contribution >= 0.6 is 0 Å². The number of ether oxygens (including phenoxy) is 1. The maximum atomic E-state index is 5.83. The van der Waals surface area contributed by atoms with E-state index in [0.29, 0.717) is 12.7 Å². The molecule has 0 amide bonds. The molecule has 2 saturated carbocycles. The summed E-state index contributed by atoms with van der Waals surface area (Å²) in [6.07, 6.45) is 16.9. The first-order valence-corrected chi connectivity index (χ1v) is 9.47. The highest BCUT2D eigenvalue weighted by atomic mass is 16.5. The van der Waals surface area contributed by atoms with Crippen LogP contribution in [0.2, 0.25) is 0 Å². The third-order valence-corrected chi connectivity index (χ3v) is 6.21. The van der Waals surface area contributed by atoms with Gasteiger partial charge in [-0.15, -0.1) is 6.58 Å². The molecule has 1 nitrogen and oxygen atoms in total. The average molecular weight is 293 g/mol. The molecule has 0 aromatic heterocycles. The highest BCUT2D eigenvalue weighted by Gasteiger charge is 2.32. The summed E-state index contributed by atoms with van der Waals surface area (Å²) >= 11 is 0. The lowest BCUT2D eigenvalue weighted by Gasteiger charge is -2.39. The normalized spacial score (nSPS) is 35.3. The van der Waals surface area contributed by atoms with E-state index in [1.165, 1.54) is 64.2 Å². The predicted molar refractivity (Wildman–Crippen MR) is 91.4 cm³/mol. The smallest absolute Gasteiger partial charge is 0.0648 e.